The number of alkyl carbamates (subject to hydrolysis) is 1. The van der Waals surface area contributed by atoms with Crippen LogP contribution in [0.2, 0.25) is 0 Å². The van der Waals surface area contributed by atoms with Gasteiger partial charge in [-0.25, -0.2) is 4.79 Å². The lowest BCUT2D eigenvalue weighted by Gasteiger charge is -2.28. The smallest absolute Gasteiger partial charge is 0.408 e. The first-order chi connectivity index (χ1) is 14.5. The van der Waals surface area contributed by atoms with E-state index in [0.717, 1.165) is 12.7 Å². The fraction of sp³-hybridized carbons (Fsp3) is 0.550. The minimum Gasteiger partial charge on any atom is -0.480 e. The molecule has 0 heterocycles. The maximum atomic E-state index is 13.2. The molecule has 1 aromatic carbocycles. The molecule has 0 aromatic heterocycles. The third-order valence-corrected chi connectivity index (χ3v) is 6.38. The summed E-state index contributed by atoms with van der Waals surface area (Å²) in [6.07, 6.45) is -1.91. The van der Waals surface area contributed by atoms with Crippen LogP contribution in [-0.2, 0) is 34.5 Å². The molecule has 1 rings (SSSR count). The molecule has 3 N–H and O–H groups in total. The average molecular weight is 458 g/mol. The van der Waals surface area contributed by atoms with Gasteiger partial charge in [0.15, 0.2) is 0 Å². The van der Waals surface area contributed by atoms with E-state index in [0.29, 0.717) is 0 Å². The van der Waals surface area contributed by atoms with Crippen LogP contribution in [0, 0.1) is 5.92 Å². The highest BCUT2D eigenvalue weighted by Crippen LogP contribution is 2.52. The van der Waals surface area contributed by atoms with Crippen LogP contribution in [-0.4, -0.2) is 48.1 Å². The Kier molecular flexibility index (Phi) is 10.7. The van der Waals surface area contributed by atoms with Gasteiger partial charge in [0.2, 0.25) is 5.91 Å². The van der Waals surface area contributed by atoms with Crippen molar-refractivity contribution in [2.24, 2.45) is 5.92 Å². The van der Waals surface area contributed by atoms with Gasteiger partial charge in [0.25, 0.3) is 0 Å². The van der Waals surface area contributed by atoms with Gasteiger partial charge in [0, 0.05) is 7.11 Å². The second-order valence-corrected chi connectivity index (χ2v) is 9.83. The number of carbonyl (C=O) groups excluding carboxylic acids is 2. The highest BCUT2D eigenvalue weighted by atomic mass is 31.2. The molecule has 1 aromatic rings. The Morgan fingerprint density at radius 2 is 1.68 bits per heavy atom. The molecule has 0 aliphatic rings. The van der Waals surface area contributed by atoms with Crippen LogP contribution in [0.3, 0.4) is 0 Å². The van der Waals surface area contributed by atoms with Gasteiger partial charge in [0.05, 0.1) is 0 Å². The van der Waals surface area contributed by atoms with Crippen molar-refractivity contribution in [2.75, 3.05) is 7.11 Å². The van der Waals surface area contributed by atoms with Crippen molar-refractivity contribution < 1.29 is 37.8 Å². The van der Waals surface area contributed by atoms with Crippen LogP contribution in [0.5, 0.6) is 0 Å². The minimum atomic E-state index is -3.99. The summed E-state index contributed by atoms with van der Waals surface area (Å²) >= 11 is 0. The third-order valence-electron chi connectivity index (χ3n) is 4.25. The molecule has 0 bridgehead atoms. The molecule has 0 saturated carbocycles. The zero-order valence-electron chi connectivity index (χ0n) is 18.4. The lowest BCUT2D eigenvalue weighted by Crippen LogP contribution is -2.45. The molecule has 0 spiro atoms. The van der Waals surface area contributed by atoms with Gasteiger partial charge in [0.1, 0.15) is 24.5 Å². The van der Waals surface area contributed by atoms with Crippen molar-refractivity contribution >= 4 is 25.6 Å². The number of nitrogens with one attached hydrogen (secondary N) is 2. The summed E-state index contributed by atoms with van der Waals surface area (Å²) in [5.74, 6) is -3.11. The molecule has 4 atom stereocenters. The molecule has 174 valence electrons. The lowest BCUT2D eigenvalue weighted by molar-refractivity contribution is -0.142. The molecule has 0 radical (unpaired) electrons. The Hall–Kier alpha value is -2.42. The summed E-state index contributed by atoms with van der Waals surface area (Å²) in [4.78, 5) is 35.6. The number of hydrogen-bond donors (Lipinski definition) is 3. The maximum absolute atomic E-state index is 13.2. The second kappa shape index (κ2) is 12.4. The Morgan fingerprint density at radius 1 is 1.06 bits per heavy atom. The molecule has 10 nitrogen and oxygen atoms in total. The quantitative estimate of drug-likeness (QED) is 0.406. The van der Waals surface area contributed by atoms with E-state index in [-0.39, 0.29) is 18.9 Å². The summed E-state index contributed by atoms with van der Waals surface area (Å²) in [5, 5.41) is 13.7. The third kappa shape index (κ3) is 9.08. The van der Waals surface area contributed by atoms with Crippen molar-refractivity contribution in [3.05, 3.63) is 35.9 Å². The SMILES string of the molecule is COP(=O)(O[C@@H](CC(C)C)C(=O)N[C@@H](C)C(=O)O)C(C)NC(=O)OCc1ccccc1. The van der Waals surface area contributed by atoms with Gasteiger partial charge < -0.3 is 25.0 Å². The first-order valence-corrected chi connectivity index (χ1v) is 11.4. The van der Waals surface area contributed by atoms with Crippen molar-refractivity contribution in [2.45, 2.75) is 58.7 Å². The summed E-state index contributed by atoms with van der Waals surface area (Å²) in [6, 6.07) is 7.85. The van der Waals surface area contributed by atoms with Crippen LogP contribution in [0.4, 0.5) is 4.79 Å². The van der Waals surface area contributed by atoms with Crippen molar-refractivity contribution in [1.82, 2.24) is 10.6 Å². The molecule has 0 aliphatic heterocycles. The zero-order valence-corrected chi connectivity index (χ0v) is 19.3. The van der Waals surface area contributed by atoms with Crippen LogP contribution in [0.1, 0.15) is 39.7 Å². The van der Waals surface area contributed by atoms with E-state index in [1.165, 1.54) is 13.8 Å². The Labute approximate surface area is 182 Å². The van der Waals surface area contributed by atoms with E-state index < -0.39 is 43.5 Å². The molecular formula is C20H31N2O8P. The van der Waals surface area contributed by atoms with E-state index in [4.69, 9.17) is 18.9 Å². The molecular weight excluding hydrogens is 427 g/mol. The predicted molar refractivity (Wildman–Crippen MR) is 113 cm³/mol. The standard InChI is InChI=1S/C20H31N2O8P/c1-13(2)11-17(18(23)21-14(3)19(24)25)30-31(27,28-5)15(4)22-20(26)29-12-16-9-7-6-8-10-16/h6-10,13-15,17H,11-12H2,1-5H3,(H,21,23)(H,22,26)(H,24,25)/t14-,15?,17-,31?/m0/s1. The predicted octanol–water partition coefficient (Wildman–Crippen LogP) is 3.12. The molecule has 31 heavy (non-hydrogen) atoms. The number of carboxylic acids is 1. The van der Waals surface area contributed by atoms with E-state index in [9.17, 15) is 18.9 Å². The molecule has 2 amide bonds. The molecule has 0 saturated heterocycles. The summed E-state index contributed by atoms with van der Waals surface area (Å²) in [5.41, 5.74) is 0.776. The fourth-order valence-corrected chi connectivity index (χ4v) is 3.86. The molecule has 2 unspecified atom stereocenters. The van der Waals surface area contributed by atoms with E-state index in [1.54, 1.807) is 24.3 Å². The van der Waals surface area contributed by atoms with E-state index in [2.05, 4.69) is 10.6 Å². The van der Waals surface area contributed by atoms with Gasteiger partial charge >= 0.3 is 19.7 Å². The Bertz CT molecular complexity index is 787. The largest absolute Gasteiger partial charge is 0.480 e. The fourth-order valence-electron chi connectivity index (χ4n) is 2.48. The molecule has 11 heteroatoms. The zero-order chi connectivity index (χ0) is 23.6. The number of benzene rings is 1. The van der Waals surface area contributed by atoms with Gasteiger partial charge in [-0.2, -0.15) is 0 Å². The number of carboxylic acid groups (broad SMARTS) is 1. The van der Waals surface area contributed by atoms with Crippen molar-refractivity contribution in [3.63, 3.8) is 0 Å². The van der Waals surface area contributed by atoms with Crippen LogP contribution in [0.15, 0.2) is 30.3 Å². The minimum absolute atomic E-state index is 0.0169. The Balaban J connectivity index is 2.81. The first-order valence-electron chi connectivity index (χ1n) is 9.82. The number of carbonyl (C=O) groups is 3. The number of hydrogen-bond acceptors (Lipinski definition) is 7. The molecule has 0 fully saturated rings. The lowest BCUT2D eigenvalue weighted by atomic mass is 10.1. The van der Waals surface area contributed by atoms with Gasteiger partial charge in [-0.1, -0.05) is 44.2 Å². The molecule has 0 aliphatic carbocycles. The average Bonchev–Trinajstić information content (AvgIpc) is 2.71. The highest BCUT2D eigenvalue weighted by Gasteiger charge is 2.39. The number of rotatable bonds is 12. The van der Waals surface area contributed by atoms with Gasteiger partial charge in [-0.05, 0) is 31.7 Å². The summed E-state index contributed by atoms with van der Waals surface area (Å²) in [7, 11) is -2.86. The van der Waals surface area contributed by atoms with E-state index in [1.807, 2.05) is 19.9 Å². The second-order valence-electron chi connectivity index (χ2n) is 7.40. The summed E-state index contributed by atoms with van der Waals surface area (Å²) in [6.45, 7) is 6.37. The highest BCUT2D eigenvalue weighted by molar-refractivity contribution is 7.54. The van der Waals surface area contributed by atoms with Crippen molar-refractivity contribution in [1.29, 1.82) is 0 Å². The summed E-state index contributed by atoms with van der Waals surface area (Å²) < 4.78 is 28.9. The normalized spacial score (nSPS) is 15.9. The maximum Gasteiger partial charge on any atom is 0.408 e. The van der Waals surface area contributed by atoms with Crippen molar-refractivity contribution in [3.8, 4) is 0 Å². The topological polar surface area (TPSA) is 140 Å². The number of amides is 2. The number of aliphatic carboxylic acids is 1. The first kappa shape index (κ1) is 26.6. The van der Waals surface area contributed by atoms with Crippen LogP contribution < -0.4 is 10.6 Å². The Morgan fingerprint density at radius 3 is 2.19 bits per heavy atom. The van der Waals surface area contributed by atoms with E-state index >= 15 is 0 Å². The van der Waals surface area contributed by atoms with Crippen LogP contribution >= 0.6 is 7.60 Å². The monoisotopic (exact) mass is 458 g/mol. The number of ether oxygens (including phenoxy) is 1. The van der Waals surface area contributed by atoms with Gasteiger partial charge in [-0.15, -0.1) is 0 Å². The van der Waals surface area contributed by atoms with Gasteiger partial charge in [-0.3, -0.25) is 18.7 Å². The van der Waals surface area contributed by atoms with Crippen LogP contribution in [0.25, 0.3) is 0 Å².